The third-order valence-electron chi connectivity index (χ3n) is 4.48. The summed E-state index contributed by atoms with van der Waals surface area (Å²) in [5.41, 5.74) is 6.74. The second-order valence-corrected chi connectivity index (χ2v) is 9.54. The summed E-state index contributed by atoms with van der Waals surface area (Å²) in [4.78, 5) is 36.7. The zero-order chi connectivity index (χ0) is 24.1. The van der Waals surface area contributed by atoms with Crippen LogP contribution in [0.2, 0.25) is 0 Å². The van der Waals surface area contributed by atoms with E-state index in [2.05, 4.69) is 38.0 Å². The number of carbonyl (C=O) groups excluding carboxylic acids is 3. The van der Waals surface area contributed by atoms with E-state index in [1.54, 1.807) is 13.0 Å². The van der Waals surface area contributed by atoms with Crippen molar-refractivity contribution in [3.05, 3.63) is 57.4 Å². The van der Waals surface area contributed by atoms with Crippen molar-refractivity contribution in [3.63, 3.8) is 0 Å². The Morgan fingerprint density at radius 2 is 2.00 bits per heavy atom. The van der Waals surface area contributed by atoms with Crippen LogP contribution in [0.1, 0.15) is 25.6 Å². The minimum absolute atomic E-state index is 0.000914. The summed E-state index contributed by atoms with van der Waals surface area (Å²) in [7, 11) is 1.22. The highest BCUT2D eigenvalue weighted by Gasteiger charge is 2.25. The molecule has 33 heavy (non-hydrogen) atoms. The first-order chi connectivity index (χ1) is 15.8. The van der Waals surface area contributed by atoms with Gasteiger partial charge in [0.1, 0.15) is 5.00 Å². The lowest BCUT2D eigenvalue weighted by molar-refractivity contribution is -0.113. The summed E-state index contributed by atoms with van der Waals surface area (Å²) < 4.78 is 7.58. The molecule has 0 fully saturated rings. The van der Waals surface area contributed by atoms with Gasteiger partial charge in [0.05, 0.1) is 23.3 Å². The van der Waals surface area contributed by atoms with Gasteiger partial charge in [-0.05, 0) is 24.6 Å². The number of thiophene rings is 1. The fraction of sp³-hybridized carbons (Fsp3) is 0.190. The standard InChI is InChI=1S/C21H20BrN5O4S2/c1-4-9-27-18(12-5-7-13(22)8-6-12)25-26-21(27)32-10-14(28)24-19-15(20(30)31-3)11(2)16(33-19)17(23)29/h4-8H,1,9-10H2,2-3H3,(H2,23,29)(H,24,28). The van der Waals surface area contributed by atoms with E-state index in [0.29, 0.717) is 23.1 Å². The van der Waals surface area contributed by atoms with Gasteiger partial charge >= 0.3 is 5.97 Å². The number of benzene rings is 1. The van der Waals surface area contributed by atoms with Crippen LogP contribution in [0.5, 0.6) is 0 Å². The van der Waals surface area contributed by atoms with Gasteiger partial charge in [-0.1, -0.05) is 45.9 Å². The van der Waals surface area contributed by atoms with Gasteiger partial charge in [0.15, 0.2) is 11.0 Å². The van der Waals surface area contributed by atoms with E-state index in [1.807, 2.05) is 28.8 Å². The highest BCUT2D eigenvalue weighted by atomic mass is 79.9. The van der Waals surface area contributed by atoms with E-state index in [9.17, 15) is 14.4 Å². The molecule has 3 N–H and O–H groups in total. The first kappa shape index (κ1) is 24.7. The number of halogens is 1. The predicted octanol–water partition coefficient (Wildman–Crippen LogP) is 3.88. The molecule has 0 saturated heterocycles. The number of primary amides is 1. The topological polar surface area (TPSA) is 129 Å². The van der Waals surface area contributed by atoms with E-state index >= 15 is 0 Å². The molecule has 1 aromatic carbocycles. The molecule has 0 atom stereocenters. The van der Waals surface area contributed by atoms with Crippen molar-refractivity contribution in [1.29, 1.82) is 0 Å². The van der Waals surface area contributed by atoms with Crippen LogP contribution in [0.4, 0.5) is 5.00 Å². The van der Waals surface area contributed by atoms with Crippen LogP contribution in [-0.2, 0) is 16.1 Å². The van der Waals surface area contributed by atoms with Crippen molar-refractivity contribution in [2.45, 2.75) is 18.6 Å². The molecular weight excluding hydrogens is 530 g/mol. The lowest BCUT2D eigenvalue weighted by Gasteiger charge is -2.08. The Labute approximate surface area is 206 Å². The Hall–Kier alpha value is -2.96. The third kappa shape index (κ3) is 5.52. The number of nitrogens with zero attached hydrogens (tertiary/aromatic N) is 3. The highest BCUT2D eigenvalue weighted by molar-refractivity contribution is 9.10. The van der Waals surface area contributed by atoms with Gasteiger partial charge < -0.3 is 15.8 Å². The van der Waals surface area contributed by atoms with E-state index in [0.717, 1.165) is 21.4 Å². The molecule has 2 aromatic heterocycles. The Morgan fingerprint density at radius 1 is 1.30 bits per heavy atom. The van der Waals surface area contributed by atoms with Crippen LogP contribution in [0, 0.1) is 6.92 Å². The van der Waals surface area contributed by atoms with Crippen LogP contribution in [0.25, 0.3) is 11.4 Å². The van der Waals surface area contributed by atoms with Crippen molar-refractivity contribution in [1.82, 2.24) is 14.8 Å². The maximum absolute atomic E-state index is 12.6. The predicted molar refractivity (Wildman–Crippen MR) is 132 cm³/mol. The quantitative estimate of drug-likeness (QED) is 0.235. The first-order valence-corrected chi connectivity index (χ1v) is 12.1. The van der Waals surface area contributed by atoms with E-state index in [-0.39, 0.29) is 27.1 Å². The van der Waals surface area contributed by atoms with Gasteiger partial charge in [-0.3, -0.25) is 14.2 Å². The number of nitrogens with one attached hydrogen (secondary N) is 1. The van der Waals surface area contributed by atoms with Crippen LogP contribution in [0.15, 0.2) is 46.5 Å². The Kier molecular flexibility index (Phi) is 8.06. The molecule has 12 heteroatoms. The number of nitrogens with two attached hydrogens (primary N) is 1. The molecule has 0 saturated carbocycles. The average molecular weight is 550 g/mol. The van der Waals surface area contributed by atoms with Gasteiger partial charge in [0, 0.05) is 16.6 Å². The molecule has 3 rings (SSSR count). The number of anilines is 1. The van der Waals surface area contributed by atoms with E-state index in [1.165, 1.54) is 18.9 Å². The zero-order valence-electron chi connectivity index (χ0n) is 17.8. The van der Waals surface area contributed by atoms with Gasteiger partial charge in [0.2, 0.25) is 5.91 Å². The van der Waals surface area contributed by atoms with E-state index in [4.69, 9.17) is 10.5 Å². The molecule has 0 aliphatic carbocycles. The average Bonchev–Trinajstić information content (AvgIpc) is 3.33. The van der Waals surface area contributed by atoms with Crippen LogP contribution >= 0.6 is 39.0 Å². The Morgan fingerprint density at radius 3 is 2.61 bits per heavy atom. The molecule has 3 aromatic rings. The molecule has 172 valence electrons. The highest BCUT2D eigenvalue weighted by Crippen LogP contribution is 2.34. The summed E-state index contributed by atoms with van der Waals surface area (Å²) >= 11 is 5.53. The molecule has 2 amide bonds. The summed E-state index contributed by atoms with van der Waals surface area (Å²) in [6, 6.07) is 7.65. The number of carbonyl (C=O) groups is 3. The maximum Gasteiger partial charge on any atom is 0.341 e. The van der Waals surface area contributed by atoms with Gasteiger partial charge in [-0.15, -0.1) is 28.1 Å². The number of hydrogen-bond acceptors (Lipinski definition) is 8. The fourth-order valence-corrected chi connectivity index (χ4v) is 5.05. The van der Waals surface area contributed by atoms with Crippen molar-refractivity contribution >= 4 is 61.8 Å². The van der Waals surface area contributed by atoms with Gasteiger partial charge in [0.25, 0.3) is 5.91 Å². The first-order valence-electron chi connectivity index (χ1n) is 9.51. The summed E-state index contributed by atoms with van der Waals surface area (Å²) in [5.74, 6) is -1.09. The smallest absolute Gasteiger partial charge is 0.341 e. The monoisotopic (exact) mass is 549 g/mol. The number of thioether (sulfide) groups is 1. The molecule has 0 bridgehead atoms. The SMILES string of the molecule is C=CCn1c(SCC(=O)Nc2sc(C(N)=O)c(C)c2C(=O)OC)nnc1-c1ccc(Br)cc1. The second kappa shape index (κ2) is 10.8. The number of rotatable bonds is 9. The number of hydrogen-bond donors (Lipinski definition) is 2. The molecular formula is C21H20BrN5O4S2. The third-order valence-corrected chi connectivity index (χ3v) is 7.19. The van der Waals surface area contributed by atoms with Crippen molar-refractivity contribution in [3.8, 4) is 11.4 Å². The summed E-state index contributed by atoms with van der Waals surface area (Å²) in [5, 5.41) is 11.9. The fourth-order valence-electron chi connectivity index (χ4n) is 2.98. The molecule has 0 unspecified atom stereocenters. The molecule has 2 heterocycles. The number of methoxy groups -OCH3 is 1. The summed E-state index contributed by atoms with van der Waals surface area (Å²) in [6.07, 6.45) is 1.72. The summed E-state index contributed by atoms with van der Waals surface area (Å²) in [6.45, 7) is 5.82. The maximum atomic E-state index is 12.6. The minimum atomic E-state index is -0.685. The van der Waals surface area contributed by atoms with Crippen molar-refractivity contribution in [2.24, 2.45) is 5.73 Å². The lowest BCUT2D eigenvalue weighted by atomic mass is 10.1. The lowest BCUT2D eigenvalue weighted by Crippen LogP contribution is -2.16. The number of aromatic nitrogens is 3. The van der Waals surface area contributed by atoms with Gasteiger partial charge in [-0.25, -0.2) is 4.79 Å². The second-order valence-electron chi connectivity index (χ2n) is 6.67. The number of esters is 1. The van der Waals surface area contributed by atoms with Crippen LogP contribution in [0.3, 0.4) is 0 Å². The molecule has 0 aliphatic rings. The molecule has 9 nitrogen and oxygen atoms in total. The normalized spacial score (nSPS) is 10.6. The van der Waals surface area contributed by atoms with Crippen LogP contribution in [-0.4, -0.2) is 45.4 Å². The Bertz CT molecular complexity index is 1220. The largest absolute Gasteiger partial charge is 0.465 e. The number of ether oxygens (including phenoxy) is 1. The molecule has 0 radical (unpaired) electrons. The Balaban J connectivity index is 1.79. The number of allylic oxidation sites excluding steroid dienone is 1. The van der Waals surface area contributed by atoms with Gasteiger partial charge in [-0.2, -0.15) is 0 Å². The van der Waals surface area contributed by atoms with Crippen molar-refractivity contribution < 1.29 is 19.1 Å². The van der Waals surface area contributed by atoms with Crippen molar-refractivity contribution in [2.75, 3.05) is 18.2 Å². The number of amides is 2. The zero-order valence-corrected chi connectivity index (χ0v) is 21.0. The van der Waals surface area contributed by atoms with E-state index < -0.39 is 11.9 Å². The van der Waals surface area contributed by atoms with Crippen LogP contribution < -0.4 is 11.1 Å². The molecule has 0 aliphatic heterocycles. The molecule has 0 spiro atoms. The minimum Gasteiger partial charge on any atom is -0.465 e.